The first-order chi connectivity index (χ1) is 11.7. The molecule has 0 aromatic heterocycles. The maximum Gasteiger partial charge on any atom is 0.307 e. The molecule has 1 atom stereocenters. The predicted molar refractivity (Wildman–Crippen MR) is 94.2 cm³/mol. The lowest BCUT2D eigenvalue weighted by Gasteiger charge is -2.30. The van der Waals surface area contributed by atoms with E-state index in [4.69, 9.17) is 9.84 Å². The topological polar surface area (TPSA) is 49.8 Å². The minimum atomic E-state index is -0.684. The molecule has 1 fully saturated rings. The van der Waals surface area contributed by atoms with Gasteiger partial charge in [-0.2, -0.15) is 0 Å². The molecule has 4 heteroatoms. The molecule has 2 aromatic rings. The molecule has 4 nitrogen and oxygen atoms in total. The zero-order valence-corrected chi connectivity index (χ0v) is 13.7. The van der Waals surface area contributed by atoms with Crippen LogP contribution in [0, 0.1) is 5.92 Å². The molecule has 0 radical (unpaired) electrons. The van der Waals surface area contributed by atoms with Crippen molar-refractivity contribution in [1.29, 1.82) is 0 Å². The fourth-order valence-electron chi connectivity index (χ4n) is 3.15. The van der Waals surface area contributed by atoms with Crippen molar-refractivity contribution < 1.29 is 14.6 Å². The van der Waals surface area contributed by atoms with Crippen LogP contribution < -0.4 is 4.74 Å². The number of benzene rings is 2. The van der Waals surface area contributed by atoms with Gasteiger partial charge in [-0.25, -0.2) is 0 Å². The van der Waals surface area contributed by atoms with Crippen molar-refractivity contribution >= 4 is 5.97 Å². The van der Waals surface area contributed by atoms with Crippen molar-refractivity contribution in [3.05, 3.63) is 54.6 Å². The first-order valence-corrected chi connectivity index (χ1v) is 8.46. The van der Waals surface area contributed by atoms with Crippen LogP contribution in [0.4, 0.5) is 0 Å². The van der Waals surface area contributed by atoms with Crippen LogP contribution in [0.1, 0.15) is 12.8 Å². The summed E-state index contributed by atoms with van der Waals surface area (Å²) in [7, 11) is 0. The van der Waals surface area contributed by atoms with E-state index in [-0.39, 0.29) is 5.92 Å². The zero-order chi connectivity index (χ0) is 16.8. The number of hydrogen-bond acceptors (Lipinski definition) is 3. The van der Waals surface area contributed by atoms with Crippen LogP contribution in [0.25, 0.3) is 11.1 Å². The lowest BCUT2D eigenvalue weighted by molar-refractivity contribution is -0.143. The summed E-state index contributed by atoms with van der Waals surface area (Å²) in [4.78, 5) is 13.3. The summed E-state index contributed by atoms with van der Waals surface area (Å²) in [5.41, 5.74) is 2.31. The SMILES string of the molecule is O=C(O)[C@@H]1CCCN(CCOc2cccc(-c3ccccc3)c2)C1. The van der Waals surface area contributed by atoms with Crippen LogP contribution >= 0.6 is 0 Å². The van der Waals surface area contributed by atoms with Crippen LogP contribution in [-0.2, 0) is 4.79 Å². The maximum atomic E-state index is 11.1. The number of nitrogens with zero attached hydrogens (tertiary/aromatic N) is 1. The molecular formula is C20H23NO3. The van der Waals surface area contributed by atoms with Gasteiger partial charge in [-0.1, -0.05) is 42.5 Å². The van der Waals surface area contributed by atoms with Gasteiger partial charge in [-0.05, 0) is 42.6 Å². The van der Waals surface area contributed by atoms with Crippen LogP contribution in [0.3, 0.4) is 0 Å². The number of carbonyl (C=O) groups is 1. The third-order valence-corrected chi connectivity index (χ3v) is 4.47. The normalized spacial score (nSPS) is 18.2. The standard InChI is InChI=1S/C20H23NO3/c22-20(23)18-9-5-11-21(15-18)12-13-24-19-10-4-8-17(14-19)16-6-2-1-3-7-16/h1-4,6-8,10,14,18H,5,9,11-13,15H2,(H,22,23)/t18-/m1/s1. The van der Waals surface area contributed by atoms with Crippen molar-refractivity contribution in [3.63, 3.8) is 0 Å². The molecule has 1 heterocycles. The monoisotopic (exact) mass is 325 g/mol. The van der Waals surface area contributed by atoms with Crippen molar-refractivity contribution in [3.8, 4) is 16.9 Å². The second kappa shape index (κ2) is 7.97. The van der Waals surface area contributed by atoms with E-state index in [1.807, 2.05) is 36.4 Å². The summed E-state index contributed by atoms with van der Waals surface area (Å²) in [5.74, 6) is -0.0699. The number of carboxylic acids is 1. The van der Waals surface area contributed by atoms with Gasteiger partial charge in [0.2, 0.25) is 0 Å². The number of rotatable bonds is 6. The minimum Gasteiger partial charge on any atom is -0.492 e. The number of carboxylic acid groups (broad SMARTS) is 1. The highest BCUT2D eigenvalue weighted by Crippen LogP contribution is 2.23. The summed E-state index contributed by atoms with van der Waals surface area (Å²) in [6.07, 6.45) is 1.73. The van der Waals surface area contributed by atoms with E-state index in [2.05, 4.69) is 23.1 Å². The zero-order valence-electron chi connectivity index (χ0n) is 13.7. The molecule has 24 heavy (non-hydrogen) atoms. The fourth-order valence-corrected chi connectivity index (χ4v) is 3.15. The molecule has 1 aliphatic rings. The van der Waals surface area contributed by atoms with Gasteiger partial charge in [0.05, 0.1) is 5.92 Å². The lowest BCUT2D eigenvalue weighted by Crippen LogP contribution is -2.40. The Morgan fingerprint density at radius 3 is 2.71 bits per heavy atom. The Balaban J connectivity index is 1.53. The van der Waals surface area contributed by atoms with Crippen LogP contribution in [-0.4, -0.2) is 42.2 Å². The Kier molecular flexibility index (Phi) is 5.49. The molecule has 0 aliphatic carbocycles. The predicted octanol–water partition coefficient (Wildman–Crippen LogP) is 3.53. The molecular weight excluding hydrogens is 302 g/mol. The van der Waals surface area contributed by atoms with Crippen LogP contribution in [0.15, 0.2) is 54.6 Å². The Morgan fingerprint density at radius 2 is 1.92 bits per heavy atom. The Morgan fingerprint density at radius 1 is 1.12 bits per heavy atom. The summed E-state index contributed by atoms with van der Waals surface area (Å²) < 4.78 is 5.88. The molecule has 126 valence electrons. The molecule has 1 aliphatic heterocycles. The molecule has 0 bridgehead atoms. The van der Waals surface area contributed by atoms with Crippen molar-refractivity contribution in [1.82, 2.24) is 4.90 Å². The number of ether oxygens (including phenoxy) is 1. The Hall–Kier alpha value is -2.33. The second-order valence-electron chi connectivity index (χ2n) is 6.22. The maximum absolute atomic E-state index is 11.1. The van der Waals surface area contributed by atoms with E-state index in [0.717, 1.165) is 37.2 Å². The number of piperidine rings is 1. The van der Waals surface area contributed by atoms with Gasteiger partial charge in [0, 0.05) is 13.1 Å². The van der Waals surface area contributed by atoms with Crippen molar-refractivity contribution in [2.45, 2.75) is 12.8 Å². The first-order valence-electron chi connectivity index (χ1n) is 8.46. The van der Waals surface area contributed by atoms with Gasteiger partial charge < -0.3 is 9.84 Å². The molecule has 0 unspecified atom stereocenters. The van der Waals surface area contributed by atoms with E-state index < -0.39 is 5.97 Å². The summed E-state index contributed by atoms with van der Waals surface area (Å²) in [6.45, 7) is 2.92. The molecule has 0 amide bonds. The van der Waals surface area contributed by atoms with E-state index >= 15 is 0 Å². The van der Waals surface area contributed by atoms with Crippen LogP contribution in [0.2, 0.25) is 0 Å². The smallest absolute Gasteiger partial charge is 0.307 e. The van der Waals surface area contributed by atoms with E-state index in [0.29, 0.717) is 13.2 Å². The summed E-state index contributed by atoms with van der Waals surface area (Å²) in [5, 5.41) is 9.14. The molecule has 0 saturated carbocycles. The molecule has 1 saturated heterocycles. The van der Waals surface area contributed by atoms with E-state index in [1.165, 1.54) is 5.56 Å². The highest BCUT2D eigenvalue weighted by Gasteiger charge is 2.24. The molecule has 1 N–H and O–H groups in total. The van der Waals surface area contributed by atoms with Crippen molar-refractivity contribution in [2.75, 3.05) is 26.2 Å². The van der Waals surface area contributed by atoms with Gasteiger partial charge in [0.15, 0.2) is 0 Å². The van der Waals surface area contributed by atoms with Gasteiger partial charge in [-0.3, -0.25) is 9.69 Å². The Bertz CT molecular complexity index is 672. The van der Waals surface area contributed by atoms with Gasteiger partial charge in [0.25, 0.3) is 0 Å². The molecule has 2 aromatic carbocycles. The summed E-state index contributed by atoms with van der Waals surface area (Å²) >= 11 is 0. The largest absolute Gasteiger partial charge is 0.492 e. The number of aliphatic carboxylic acids is 1. The first kappa shape index (κ1) is 16.5. The molecule has 0 spiro atoms. The van der Waals surface area contributed by atoms with E-state index in [9.17, 15) is 4.79 Å². The average molecular weight is 325 g/mol. The van der Waals surface area contributed by atoms with Crippen molar-refractivity contribution in [2.24, 2.45) is 5.92 Å². The third-order valence-electron chi connectivity index (χ3n) is 4.47. The van der Waals surface area contributed by atoms with E-state index in [1.54, 1.807) is 0 Å². The number of likely N-dealkylation sites (tertiary alicyclic amines) is 1. The quantitative estimate of drug-likeness (QED) is 0.883. The fraction of sp³-hybridized carbons (Fsp3) is 0.350. The van der Waals surface area contributed by atoms with Gasteiger partial charge >= 0.3 is 5.97 Å². The molecule has 3 rings (SSSR count). The Labute approximate surface area is 142 Å². The highest BCUT2D eigenvalue weighted by molar-refractivity contribution is 5.70. The van der Waals surface area contributed by atoms with Gasteiger partial charge in [0.1, 0.15) is 12.4 Å². The minimum absolute atomic E-state index is 0.236. The van der Waals surface area contributed by atoms with Crippen LogP contribution in [0.5, 0.6) is 5.75 Å². The average Bonchev–Trinajstić information content (AvgIpc) is 2.63. The lowest BCUT2D eigenvalue weighted by atomic mass is 9.98. The number of hydrogen-bond donors (Lipinski definition) is 1. The van der Waals surface area contributed by atoms with Gasteiger partial charge in [-0.15, -0.1) is 0 Å². The highest BCUT2D eigenvalue weighted by atomic mass is 16.5. The summed E-state index contributed by atoms with van der Waals surface area (Å²) in [6, 6.07) is 18.3. The third kappa shape index (κ3) is 4.36. The second-order valence-corrected chi connectivity index (χ2v) is 6.22.